The number of fused-ring (bicyclic) bond motifs is 1. The molecule has 1 aromatic carbocycles. The summed E-state index contributed by atoms with van der Waals surface area (Å²) in [5, 5.41) is 0. The topological polar surface area (TPSA) is 25.8 Å². The average molecular weight is 162 g/mol. The summed E-state index contributed by atoms with van der Waals surface area (Å²) in [6.45, 7) is 1.96. The molecule has 0 fully saturated rings. The minimum atomic E-state index is -0.536. The number of nitrogens with zero attached hydrogens (tertiary/aromatic N) is 2. The van der Waals surface area contributed by atoms with Gasteiger partial charge in [-0.25, -0.2) is 9.97 Å². The first kappa shape index (κ1) is 7.16. The smallest absolute Gasteiger partial charge is 0.231 e. The van der Waals surface area contributed by atoms with Crippen LogP contribution in [0.1, 0.15) is 5.56 Å². The van der Waals surface area contributed by atoms with E-state index in [2.05, 4.69) is 9.97 Å². The van der Waals surface area contributed by atoms with Crippen LogP contribution in [0.5, 0.6) is 0 Å². The molecule has 0 aliphatic carbocycles. The van der Waals surface area contributed by atoms with Gasteiger partial charge in [0.2, 0.25) is 5.95 Å². The monoisotopic (exact) mass is 162 g/mol. The summed E-state index contributed by atoms with van der Waals surface area (Å²) in [4.78, 5) is 7.59. The van der Waals surface area contributed by atoms with E-state index in [4.69, 9.17) is 0 Å². The average Bonchev–Trinajstić information content (AvgIpc) is 2.05. The second-order valence-corrected chi connectivity index (χ2v) is 2.68. The van der Waals surface area contributed by atoms with Crippen molar-refractivity contribution >= 4 is 11.0 Å². The van der Waals surface area contributed by atoms with E-state index in [1.165, 1.54) is 0 Å². The highest BCUT2D eigenvalue weighted by molar-refractivity contribution is 5.74. The Kier molecular flexibility index (Phi) is 1.50. The molecule has 0 bridgehead atoms. The fourth-order valence-electron chi connectivity index (χ4n) is 1.10. The van der Waals surface area contributed by atoms with Gasteiger partial charge in [0.05, 0.1) is 17.2 Å². The number of hydrogen-bond acceptors (Lipinski definition) is 2. The van der Waals surface area contributed by atoms with Gasteiger partial charge in [-0.2, -0.15) is 4.39 Å². The lowest BCUT2D eigenvalue weighted by atomic mass is 10.2. The Labute approximate surface area is 69.1 Å². The summed E-state index contributed by atoms with van der Waals surface area (Å²) in [5.74, 6) is -0.536. The SMILES string of the molecule is Cc1ccc2nc(F)cnc2c1. The van der Waals surface area contributed by atoms with Crippen LogP contribution in [0.15, 0.2) is 24.4 Å². The van der Waals surface area contributed by atoms with Crippen LogP contribution in [-0.2, 0) is 0 Å². The van der Waals surface area contributed by atoms with Gasteiger partial charge in [0.25, 0.3) is 0 Å². The van der Waals surface area contributed by atoms with Gasteiger partial charge >= 0.3 is 0 Å². The van der Waals surface area contributed by atoms with E-state index in [9.17, 15) is 4.39 Å². The lowest BCUT2D eigenvalue weighted by molar-refractivity contribution is 0.583. The molecule has 0 amide bonds. The Morgan fingerprint density at radius 2 is 2.08 bits per heavy atom. The molecule has 12 heavy (non-hydrogen) atoms. The van der Waals surface area contributed by atoms with Crippen LogP contribution in [0.25, 0.3) is 11.0 Å². The van der Waals surface area contributed by atoms with Crippen LogP contribution in [0, 0.1) is 12.9 Å². The Hall–Kier alpha value is -1.51. The van der Waals surface area contributed by atoms with Crippen molar-refractivity contribution in [3.8, 4) is 0 Å². The number of rotatable bonds is 0. The fraction of sp³-hybridized carbons (Fsp3) is 0.111. The highest BCUT2D eigenvalue weighted by Gasteiger charge is 1.97. The first-order valence-electron chi connectivity index (χ1n) is 3.64. The molecule has 0 atom stereocenters. The highest BCUT2D eigenvalue weighted by atomic mass is 19.1. The maximum absolute atomic E-state index is 12.6. The summed E-state index contributed by atoms with van der Waals surface area (Å²) in [6, 6.07) is 5.53. The largest absolute Gasteiger partial charge is 0.250 e. The maximum atomic E-state index is 12.6. The predicted octanol–water partition coefficient (Wildman–Crippen LogP) is 2.08. The van der Waals surface area contributed by atoms with Crippen LogP contribution in [0.3, 0.4) is 0 Å². The number of hydrogen-bond donors (Lipinski definition) is 0. The molecule has 0 aliphatic heterocycles. The normalized spacial score (nSPS) is 10.5. The molecular weight excluding hydrogens is 155 g/mol. The molecule has 2 nitrogen and oxygen atoms in total. The van der Waals surface area contributed by atoms with Crippen LogP contribution in [0.2, 0.25) is 0 Å². The first-order chi connectivity index (χ1) is 5.75. The molecule has 2 rings (SSSR count). The quantitative estimate of drug-likeness (QED) is 0.592. The van der Waals surface area contributed by atoms with E-state index in [1.54, 1.807) is 6.07 Å². The number of aromatic nitrogens is 2. The Morgan fingerprint density at radius 3 is 2.92 bits per heavy atom. The molecule has 0 aliphatic rings. The summed E-state index contributed by atoms with van der Waals surface area (Å²) in [6.07, 6.45) is 1.13. The van der Waals surface area contributed by atoms with Crippen LogP contribution in [0.4, 0.5) is 4.39 Å². The minimum absolute atomic E-state index is 0.536. The molecule has 1 heterocycles. The zero-order valence-electron chi connectivity index (χ0n) is 6.58. The summed E-state index contributed by atoms with van der Waals surface area (Å²) in [7, 11) is 0. The minimum Gasteiger partial charge on any atom is -0.250 e. The fourth-order valence-corrected chi connectivity index (χ4v) is 1.10. The van der Waals surface area contributed by atoms with Crippen molar-refractivity contribution in [3.05, 3.63) is 35.9 Å². The zero-order valence-corrected chi connectivity index (χ0v) is 6.58. The van der Waals surface area contributed by atoms with Crippen molar-refractivity contribution in [2.75, 3.05) is 0 Å². The maximum Gasteiger partial charge on any atom is 0.231 e. The lowest BCUT2D eigenvalue weighted by Crippen LogP contribution is -1.87. The van der Waals surface area contributed by atoms with Crippen molar-refractivity contribution < 1.29 is 4.39 Å². The highest BCUT2D eigenvalue weighted by Crippen LogP contribution is 2.10. The van der Waals surface area contributed by atoms with E-state index in [0.29, 0.717) is 5.52 Å². The lowest BCUT2D eigenvalue weighted by Gasteiger charge is -1.96. The van der Waals surface area contributed by atoms with Crippen molar-refractivity contribution in [3.63, 3.8) is 0 Å². The van der Waals surface area contributed by atoms with E-state index in [1.807, 2.05) is 19.1 Å². The van der Waals surface area contributed by atoms with Gasteiger partial charge in [-0.1, -0.05) is 6.07 Å². The molecule has 2 aromatic rings. The van der Waals surface area contributed by atoms with Gasteiger partial charge in [0, 0.05) is 0 Å². The predicted molar refractivity (Wildman–Crippen MR) is 44.2 cm³/mol. The molecule has 0 saturated heterocycles. The second kappa shape index (κ2) is 2.52. The zero-order chi connectivity index (χ0) is 8.55. The van der Waals surface area contributed by atoms with Crippen molar-refractivity contribution in [2.45, 2.75) is 6.92 Å². The number of benzene rings is 1. The summed E-state index contributed by atoms with van der Waals surface area (Å²) < 4.78 is 12.6. The summed E-state index contributed by atoms with van der Waals surface area (Å²) in [5.41, 5.74) is 2.43. The molecule has 60 valence electrons. The van der Waals surface area contributed by atoms with Crippen LogP contribution >= 0.6 is 0 Å². The van der Waals surface area contributed by atoms with Crippen molar-refractivity contribution in [2.24, 2.45) is 0 Å². The molecule has 1 aromatic heterocycles. The molecule has 0 saturated carbocycles. The Morgan fingerprint density at radius 1 is 1.25 bits per heavy atom. The molecule has 0 N–H and O–H groups in total. The number of halogens is 1. The molecule has 0 spiro atoms. The molecular formula is C9H7FN2. The first-order valence-corrected chi connectivity index (χ1v) is 3.64. The van der Waals surface area contributed by atoms with Crippen molar-refractivity contribution in [1.29, 1.82) is 0 Å². The van der Waals surface area contributed by atoms with Gasteiger partial charge in [-0.05, 0) is 24.6 Å². The van der Waals surface area contributed by atoms with Gasteiger partial charge < -0.3 is 0 Å². The van der Waals surface area contributed by atoms with E-state index in [0.717, 1.165) is 17.3 Å². The number of aryl methyl sites for hydroxylation is 1. The third-order valence-electron chi connectivity index (χ3n) is 1.67. The summed E-state index contributed by atoms with van der Waals surface area (Å²) >= 11 is 0. The van der Waals surface area contributed by atoms with E-state index in [-0.39, 0.29) is 0 Å². The van der Waals surface area contributed by atoms with Gasteiger partial charge in [-0.15, -0.1) is 0 Å². The Bertz CT molecular complexity index is 385. The second-order valence-electron chi connectivity index (χ2n) is 2.68. The molecule has 0 radical (unpaired) electrons. The molecule has 3 heteroatoms. The van der Waals surface area contributed by atoms with Crippen LogP contribution in [-0.4, -0.2) is 9.97 Å². The third-order valence-corrected chi connectivity index (χ3v) is 1.67. The van der Waals surface area contributed by atoms with Gasteiger partial charge in [0.15, 0.2) is 0 Å². The van der Waals surface area contributed by atoms with E-state index < -0.39 is 5.95 Å². The van der Waals surface area contributed by atoms with Gasteiger partial charge in [-0.3, -0.25) is 0 Å². The van der Waals surface area contributed by atoms with Crippen molar-refractivity contribution in [1.82, 2.24) is 9.97 Å². The third kappa shape index (κ3) is 1.13. The van der Waals surface area contributed by atoms with Crippen LogP contribution < -0.4 is 0 Å². The standard InChI is InChI=1S/C9H7FN2/c1-6-2-3-7-8(4-6)11-5-9(10)12-7/h2-5H,1H3. The molecule has 0 unspecified atom stereocenters. The van der Waals surface area contributed by atoms with E-state index >= 15 is 0 Å². The van der Waals surface area contributed by atoms with Gasteiger partial charge in [0.1, 0.15) is 0 Å². The Balaban J connectivity index is 2.79.